The average molecular weight is 328 g/mol. The highest BCUT2D eigenvalue weighted by molar-refractivity contribution is 5.74. The van der Waals surface area contributed by atoms with Gasteiger partial charge in [-0.3, -0.25) is 0 Å². The number of carbonyl (C=O) groups is 1. The Hall–Kier alpha value is -1.71. The molecule has 0 radical (unpaired) electrons. The zero-order valence-electron chi connectivity index (χ0n) is 14.8. The molecule has 2 fully saturated rings. The molecule has 1 spiro atoms. The maximum absolute atomic E-state index is 12.4. The molecule has 0 bridgehead atoms. The van der Waals surface area contributed by atoms with Crippen LogP contribution in [0.3, 0.4) is 0 Å². The second-order valence-corrected chi connectivity index (χ2v) is 8.14. The largest absolute Gasteiger partial charge is 0.492 e. The lowest BCUT2D eigenvalue weighted by Crippen LogP contribution is -2.49. The van der Waals surface area contributed by atoms with Gasteiger partial charge in [0.05, 0.1) is 6.61 Å². The number of carbonyl (C=O) groups excluding carboxylic acids is 1. The van der Waals surface area contributed by atoms with Crippen LogP contribution < -0.4 is 10.1 Å². The summed E-state index contributed by atoms with van der Waals surface area (Å²) in [6.07, 6.45) is 3.26. The van der Waals surface area contributed by atoms with E-state index in [0.29, 0.717) is 5.92 Å². The summed E-state index contributed by atoms with van der Waals surface area (Å²) in [4.78, 5) is 14.4. The van der Waals surface area contributed by atoms with Gasteiger partial charge in [-0.25, -0.2) is 4.79 Å². The van der Waals surface area contributed by atoms with Crippen molar-refractivity contribution in [3.8, 4) is 5.75 Å². The normalized spacial score (nSPS) is 27.0. The molecule has 2 amide bonds. The Kier molecular flexibility index (Phi) is 3.93. The van der Waals surface area contributed by atoms with E-state index < -0.39 is 0 Å². The van der Waals surface area contributed by atoms with Gasteiger partial charge in [0.2, 0.25) is 0 Å². The number of likely N-dealkylation sites (tertiary alicyclic amines) is 1. The number of para-hydroxylation sites is 1. The van der Waals surface area contributed by atoms with E-state index in [1.54, 1.807) is 0 Å². The van der Waals surface area contributed by atoms with E-state index in [1.165, 1.54) is 12.0 Å². The zero-order valence-corrected chi connectivity index (χ0v) is 14.8. The van der Waals surface area contributed by atoms with Gasteiger partial charge < -0.3 is 15.0 Å². The highest BCUT2D eigenvalue weighted by Crippen LogP contribution is 2.45. The maximum Gasteiger partial charge on any atom is 0.317 e. The van der Waals surface area contributed by atoms with Gasteiger partial charge in [-0.2, -0.15) is 0 Å². The van der Waals surface area contributed by atoms with Crippen LogP contribution in [0.4, 0.5) is 4.79 Å². The van der Waals surface area contributed by atoms with Crippen molar-refractivity contribution in [1.82, 2.24) is 10.2 Å². The van der Waals surface area contributed by atoms with Crippen LogP contribution in [0.2, 0.25) is 0 Å². The summed E-state index contributed by atoms with van der Waals surface area (Å²) >= 11 is 0. The first-order chi connectivity index (χ1) is 11.6. The van der Waals surface area contributed by atoms with E-state index >= 15 is 0 Å². The van der Waals surface area contributed by atoms with Gasteiger partial charge in [0.25, 0.3) is 0 Å². The molecule has 1 saturated carbocycles. The molecule has 4 nitrogen and oxygen atoms in total. The first kappa shape index (κ1) is 15.8. The lowest BCUT2D eigenvalue weighted by Gasteiger charge is -2.38. The average Bonchev–Trinajstić information content (AvgIpc) is 3.31. The number of nitrogens with zero attached hydrogens (tertiary/aromatic N) is 1. The fourth-order valence-corrected chi connectivity index (χ4v) is 4.53. The predicted molar refractivity (Wildman–Crippen MR) is 94.3 cm³/mol. The highest BCUT2D eigenvalue weighted by atomic mass is 16.5. The summed E-state index contributed by atoms with van der Waals surface area (Å²) in [6.45, 7) is 7.80. The minimum absolute atomic E-state index is 0.117. The van der Waals surface area contributed by atoms with Crippen LogP contribution in [0.1, 0.15) is 38.7 Å². The van der Waals surface area contributed by atoms with Crippen molar-refractivity contribution >= 4 is 6.03 Å². The van der Waals surface area contributed by atoms with Crippen LogP contribution >= 0.6 is 0 Å². The van der Waals surface area contributed by atoms with Crippen LogP contribution in [0.5, 0.6) is 5.75 Å². The molecule has 0 aromatic heterocycles. The third-order valence-corrected chi connectivity index (χ3v) is 6.32. The van der Waals surface area contributed by atoms with E-state index in [4.69, 9.17) is 4.74 Å². The van der Waals surface area contributed by atoms with Crippen LogP contribution in [-0.4, -0.2) is 37.2 Å². The quantitative estimate of drug-likeness (QED) is 0.924. The zero-order chi connectivity index (χ0) is 16.7. The first-order valence-corrected chi connectivity index (χ1v) is 9.34. The lowest BCUT2D eigenvalue weighted by atomic mass is 9.74. The highest BCUT2D eigenvalue weighted by Gasteiger charge is 2.44. The fraction of sp³-hybridized carbons (Fsp3) is 0.650. The number of amides is 2. The molecule has 4 rings (SSSR count). The molecule has 24 heavy (non-hydrogen) atoms. The van der Waals surface area contributed by atoms with Gasteiger partial charge in [-0.05, 0) is 43.1 Å². The summed E-state index contributed by atoms with van der Waals surface area (Å²) in [5.41, 5.74) is 1.45. The molecule has 1 saturated heterocycles. The van der Waals surface area contributed by atoms with Crippen LogP contribution in [0, 0.1) is 17.8 Å². The summed E-state index contributed by atoms with van der Waals surface area (Å²) < 4.78 is 5.89. The minimum Gasteiger partial charge on any atom is -0.492 e. The molecule has 4 heteroatoms. The van der Waals surface area contributed by atoms with Gasteiger partial charge in [0.1, 0.15) is 5.75 Å². The molecule has 0 unspecified atom stereocenters. The maximum atomic E-state index is 12.4. The van der Waals surface area contributed by atoms with E-state index in [9.17, 15) is 4.79 Å². The topological polar surface area (TPSA) is 41.6 Å². The van der Waals surface area contributed by atoms with Crippen LogP contribution in [-0.2, 0) is 5.41 Å². The Labute approximate surface area is 144 Å². The molecule has 2 heterocycles. The van der Waals surface area contributed by atoms with E-state index in [-0.39, 0.29) is 11.4 Å². The molecule has 2 aliphatic heterocycles. The monoisotopic (exact) mass is 328 g/mol. The SMILES string of the molecule is CC(C)[C@@H]1C[C@H]1CNC(=O)N1CCC2(CC1)COc1ccccc12. The summed E-state index contributed by atoms with van der Waals surface area (Å²) in [5, 5.41) is 3.15. The standard InChI is InChI=1S/C20H28N2O2/c1-14(2)16-11-15(16)12-21-19(23)22-9-7-20(8-10-22)13-24-18-6-4-3-5-17(18)20/h3-6,14-16H,7-13H2,1-2H3,(H,21,23)/t15-,16-/m0/s1. The summed E-state index contributed by atoms with van der Waals surface area (Å²) in [6, 6.07) is 8.49. The number of benzene rings is 1. The molecule has 1 aliphatic carbocycles. The molecule has 3 aliphatic rings. The fourth-order valence-electron chi connectivity index (χ4n) is 4.53. The third-order valence-electron chi connectivity index (χ3n) is 6.32. The van der Waals surface area contributed by atoms with E-state index in [1.807, 2.05) is 11.0 Å². The Morgan fingerprint density at radius 2 is 2.08 bits per heavy atom. The van der Waals surface area contributed by atoms with Crippen LogP contribution in [0.15, 0.2) is 24.3 Å². The number of urea groups is 1. The molecule has 2 atom stereocenters. The van der Waals surface area contributed by atoms with Gasteiger partial charge in [-0.1, -0.05) is 32.0 Å². The summed E-state index contributed by atoms with van der Waals surface area (Å²) in [5.74, 6) is 3.27. The Balaban J connectivity index is 1.30. The number of ether oxygens (including phenoxy) is 1. The minimum atomic E-state index is 0.117. The number of rotatable bonds is 3. The van der Waals surface area contributed by atoms with Crippen molar-refractivity contribution in [1.29, 1.82) is 0 Å². The molecule has 1 aromatic rings. The number of hydrogen-bond acceptors (Lipinski definition) is 2. The van der Waals surface area contributed by atoms with Crippen molar-refractivity contribution < 1.29 is 9.53 Å². The van der Waals surface area contributed by atoms with Gasteiger partial charge in [0.15, 0.2) is 0 Å². The first-order valence-electron chi connectivity index (χ1n) is 9.34. The Bertz CT molecular complexity index is 620. The smallest absolute Gasteiger partial charge is 0.317 e. The second kappa shape index (κ2) is 5.98. The van der Waals surface area contributed by atoms with Gasteiger partial charge in [0, 0.05) is 30.6 Å². The lowest BCUT2D eigenvalue weighted by molar-refractivity contribution is 0.141. The molecular formula is C20H28N2O2. The van der Waals surface area contributed by atoms with Gasteiger partial charge in [-0.15, -0.1) is 0 Å². The van der Waals surface area contributed by atoms with Crippen LogP contribution in [0.25, 0.3) is 0 Å². The van der Waals surface area contributed by atoms with Gasteiger partial charge >= 0.3 is 6.03 Å². The van der Waals surface area contributed by atoms with Crippen molar-refractivity contribution in [3.63, 3.8) is 0 Å². The van der Waals surface area contributed by atoms with Crippen molar-refractivity contribution in [2.75, 3.05) is 26.2 Å². The van der Waals surface area contributed by atoms with Crippen molar-refractivity contribution in [2.24, 2.45) is 17.8 Å². The second-order valence-electron chi connectivity index (χ2n) is 8.14. The Morgan fingerprint density at radius 3 is 2.79 bits per heavy atom. The number of piperidine rings is 1. The van der Waals surface area contributed by atoms with E-state index in [2.05, 4.69) is 37.4 Å². The summed E-state index contributed by atoms with van der Waals surface area (Å²) in [7, 11) is 0. The third kappa shape index (κ3) is 2.76. The number of hydrogen-bond donors (Lipinski definition) is 1. The molecule has 1 N–H and O–H groups in total. The van der Waals surface area contributed by atoms with E-state index in [0.717, 1.165) is 56.7 Å². The Morgan fingerprint density at radius 1 is 1.33 bits per heavy atom. The van der Waals surface area contributed by atoms with Crippen molar-refractivity contribution in [3.05, 3.63) is 29.8 Å². The molecular weight excluding hydrogens is 300 g/mol. The predicted octanol–water partition coefficient (Wildman–Crippen LogP) is 3.41. The number of fused-ring (bicyclic) bond motifs is 2. The van der Waals surface area contributed by atoms with Crippen molar-refractivity contribution in [2.45, 2.75) is 38.5 Å². The molecule has 130 valence electrons. The number of nitrogens with one attached hydrogen (secondary N) is 1. The molecule has 1 aromatic carbocycles.